The van der Waals surface area contributed by atoms with Gasteiger partial charge in [0.2, 0.25) is 0 Å². The Bertz CT molecular complexity index is 483. The Balaban J connectivity index is 2.53. The molecule has 2 heteroatoms. The lowest BCUT2D eigenvalue weighted by Gasteiger charge is -2.15. The first-order valence-electron chi connectivity index (χ1n) is 4.73. The van der Waals surface area contributed by atoms with Gasteiger partial charge >= 0.3 is 0 Å². The highest BCUT2D eigenvalue weighted by atomic mass is 32.1. The molecule has 1 aromatic rings. The molecule has 0 atom stereocenters. The summed E-state index contributed by atoms with van der Waals surface area (Å²) in [7, 11) is 0. The molecule has 1 aliphatic rings. The van der Waals surface area contributed by atoms with E-state index in [2.05, 4.69) is 6.58 Å². The third kappa shape index (κ3) is 1.68. The van der Waals surface area contributed by atoms with Crippen LogP contribution in [-0.4, -0.2) is 10.6 Å². The third-order valence-corrected chi connectivity index (χ3v) is 2.88. The Morgan fingerprint density at radius 2 is 1.93 bits per heavy atom. The second-order valence-electron chi connectivity index (χ2n) is 3.40. The fraction of sp³-hybridized carbons (Fsp3) is 0.0769. The van der Waals surface area contributed by atoms with E-state index in [9.17, 15) is 4.79 Å². The predicted molar refractivity (Wildman–Crippen MR) is 65.4 cm³/mol. The van der Waals surface area contributed by atoms with Crippen molar-refractivity contribution in [2.45, 2.75) is 6.42 Å². The number of rotatable bonds is 2. The van der Waals surface area contributed by atoms with Gasteiger partial charge in [-0.25, -0.2) is 0 Å². The molecule has 15 heavy (non-hydrogen) atoms. The fourth-order valence-corrected chi connectivity index (χ4v) is 2.00. The zero-order valence-electron chi connectivity index (χ0n) is 8.19. The van der Waals surface area contributed by atoms with E-state index in [0.717, 1.165) is 16.0 Å². The maximum absolute atomic E-state index is 11.7. The topological polar surface area (TPSA) is 17.1 Å². The number of hydrogen-bond donors (Lipinski definition) is 0. The second-order valence-corrected chi connectivity index (χ2v) is 3.81. The lowest BCUT2D eigenvalue weighted by molar-refractivity contribution is 0.104. The van der Waals surface area contributed by atoms with Crippen LogP contribution in [0.25, 0.3) is 0 Å². The van der Waals surface area contributed by atoms with E-state index in [4.69, 9.17) is 12.2 Å². The lowest BCUT2D eigenvalue weighted by Crippen LogP contribution is -2.15. The molecule has 2 rings (SSSR count). The summed E-state index contributed by atoms with van der Waals surface area (Å²) in [4.78, 5) is 12.5. The molecule has 0 aliphatic heterocycles. The second kappa shape index (κ2) is 3.91. The van der Waals surface area contributed by atoms with Gasteiger partial charge in [-0.3, -0.25) is 4.79 Å². The number of thiocarbonyl (C=S) groups is 1. The first kappa shape index (κ1) is 9.99. The van der Waals surface area contributed by atoms with Crippen molar-refractivity contribution in [3.8, 4) is 0 Å². The molecule has 0 saturated carbocycles. The van der Waals surface area contributed by atoms with Crippen LogP contribution in [0.15, 0.2) is 48.6 Å². The van der Waals surface area contributed by atoms with Gasteiger partial charge in [-0.1, -0.05) is 42.6 Å². The molecule has 0 amide bonds. The molecular weight excluding hydrogens is 204 g/mol. The number of hydrogen-bond acceptors (Lipinski definition) is 2. The Labute approximate surface area is 94.1 Å². The standard InChI is InChI=1S/C13H10OS/c1-2-5-9-8-12(14)10-6-3-4-7-11(10)13(9)15/h2-4,6-8H,1,5H2. The van der Waals surface area contributed by atoms with Gasteiger partial charge in [-0.2, -0.15) is 0 Å². The van der Waals surface area contributed by atoms with Crippen LogP contribution < -0.4 is 0 Å². The van der Waals surface area contributed by atoms with E-state index in [1.165, 1.54) is 0 Å². The molecule has 1 nitrogen and oxygen atoms in total. The molecular formula is C13H10OS. The van der Waals surface area contributed by atoms with Crippen LogP contribution >= 0.6 is 12.2 Å². The van der Waals surface area contributed by atoms with Gasteiger partial charge in [0.05, 0.1) is 0 Å². The minimum Gasteiger partial charge on any atom is -0.289 e. The van der Waals surface area contributed by atoms with Crippen LogP contribution in [0, 0.1) is 0 Å². The molecule has 74 valence electrons. The summed E-state index contributed by atoms with van der Waals surface area (Å²) < 4.78 is 0. The van der Waals surface area contributed by atoms with Crippen LogP contribution in [0.4, 0.5) is 0 Å². The minimum absolute atomic E-state index is 0.0380. The van der Waals surface area contributed by atoms with Crippen molar-refractivity contribution < 1.29 is 4.79 Å². The first-order valence-corrected chi connectivity index (χ1v) is 5.14. The summed E-state index contributed by atoms with van der Waals surface area (Å²) >= 11 is 5.33. The Kier molecular flexibility index (Phi) is 2.60. The van der Waals surface area contributed by atoms with Crippen LogP contribution in [0.1, 0.15) is 22.3 Å². The van der Waals surface area contributed by atoms with E-state index < -0.39 is 0 Å². The number of carbonyl (C=O) groups excluding carboxylic acids is 1. The largest absolute Gasteiger partial charge is 0.289 e. The minimum atomic E-state index is 0.0380. The van der Waals surface area contributed by atoms with Gasteiger partial charge in [0, 0.05) is 16.0 Å². The van der Waals surface area contributed by atoms with Crippen molar-refractivity contribution in [1.82, 2.24) is 0 Å². The summed E-state index contributed by atoms with van der Waals surface area (Å²) in [6.07, 6.45) is 4.03. The summed E-state index contributed by atoms with van der Waals surface area (Å²) in [5, 5.41) is 0. The zero-order valence-corrected chi connectivity index (χ0v) is 9.01. The summed E-state index contributed by atoms with van der Waals surface area (Å²) in [5.41, 5.74) is 2.47. The monoisotopic (exact) mass is 214 g/mol. The molecule has 0 fully saturated rings. The van der Waals surface area contributed by atoms with Gasteiger partial charge < -0.3 is 0 Å². The Morgan fingerprint density at radius 1 is 1.27 bits per heavy atom. The van der Waals surface area contributed by atoms with Gasteiger partial charge in [0.15, 0.2) is 5.78 Å². The molecule has 0 unspecified atom stereocenters. The highest BCUT2D eigenvalue weighted by Crippen LogP contribution is 2.23. The fourth-order valence-electron chi connectivity index (χ4n) is 1.68. The van der Waals surface area contributed by atoms with Crippen molar-refractivity contribution in [2.75, 3.05) is 0 Å². The summed E-state index contributed by atoms with van der Waals surface area (Å²) in [5.74, 6) is 0.0380. The van der Waals surface area contributed by atoms with E-state index in [0.29, 0.717) is 12.0 Å². The summed E-state index contributed by atoms with van der Waals surface area (Å²) in [6.45, 7) is 3.66. The Hall–Kier alpha value is -1.54. The van der Waals surface area contributed by atoms with Crippen LogP contribution in [0.5, 0.6) is 0 Å². The van der Waals surface area contributed by atoms with E-state index in [1.807, 2.05) is 24.3 Å². The molecule has 0 spiro atoms. The van der Waals surface area contributed by atoms with Crippen molar-refractivity contribution in [1.29, 1.82) is 0 Å². The zero-order chi connectivity index (χ0) is 10.8. The number of ketones is 1. The predicted octanol–water partition coefficient (Wildman–Crippen LogP) is 3.10. The smallest absolute Gasteiger partial charge is 0.186 e. The van der Waals surface area contributed by atoms with Crippen molar-refractivity contribution in [3.63, 3.8) is 0 Å². The number of fused-ring (bicyclic) bond motifs is 1. The molecule has 0 aromatic heterocycles. The average Bonchev–Trinajstić information content (AvgIpc) is 2.26. The van der Waals surface area contributed by atoms with Gasteiger partial charge in [-0.05, 0) is 18.1 Å². The maximum Gasteiger partial charge on any atom is 0.186 e. The molecule has 0 radical (unpaired) electrons. The van der Waals surface area contributed by atoms with Crippen molar-refractivity contribution in [2.24, 2.45) is 0 Å². The number of carbonyl (C=O) groups is 1. The third-order valence-electron chi connectivity index (χ3n) is 2.40. The van der Waals surface area contributed by atoms with E-state index >= 15 is 0 Å². The SMILES string of the molecule is C=CCC1=CC(=O)c2ccccc2C1=S. The van der Waals surface area contributed by atoms with Crippen LogP contribution in [0.2, 0.25) is 0 Å². The molecule has 0 N–H and O–H groups in total. The lowest BCUT2D eigenvalue weighted by atomic mass is 9.89. The van der Waals surface area contributed by atoms with Crippen LogP contribution in [0.3, 0.4) is 0 Å². The van der Waals surface area contributed by atoms with Crippen LogP contribution in [-0.2, 0) is 0 Å². The van der Waals surface area contributed by atoms with Gasteiger partial charge in [0.1, 0.15) is 0 Å². The van der Waals surface area contributed by atoms with Crippen molar-refractivity contribution >= 4 is 22.9 Å². The molecule has 0 bridgehead atoms. The van der Waals surface area contributed by atoms with Crippen molar-refractivity contribution in [3.05, 3.63) is 59.7 Å². The molecule has 1 aromatic carbocycles. The average molecular weight is 214 g/mol. The number of benzene rings is 1. The van der Waals surface area contributed by atoms with Gasteiger partial charge in [0.25, 0.3) is 0 Å². The highest BCUT2D eigenvalue weighted by Gasteiger charge is 2.20. The van der Waals surface area contributed by atoms with E-state index in [-0.39, 0.29) is 5.78 Å². The highest BCUT2D eigenvalue weighted by molar-refractivity contribution is 7.81. The molecule has 0 heterocycles. The molecule has 1 aliphatic carbocycles. The first-order chi connectivity index (χ1) is 7.24. The van der Waals surface area contributed by atoms with E-state index in [1.54, 1.807) is 12.2 Å². The maximum atomic E-state index is 11.7. The normalized spacial score (nSPS) is 14.5. The molecule has 0 saturated heterocycles. The Morgan fingerprint density at radius 3 is 2.60 bits per heavy atom. The summed E-state index contributed by atoms with van der Waals surface area (Å²) in [6, 6.07) is 7.46. The van der Waals surface area contributed by atoms with Gasteiger partial charge in [-0.15, -0.1) is 6.58 Å². The quantitative estimate of drug-likeness (QED) is 0.556. The number of allylic oxidation sites excluding steroid dienone is 3.